The van der Waals surface area contributed by atoms with Gasteiger partial charge in [-0.05, 0) is 24.7 Å². The Hall–Kier alpha value is -0.560. The molecule has 0 saturated heterocycles. The summed E-state index contributed by atoms with van der Waals surface area (Å²) in [5, 5.41) is 9.87. The van der Waals surface area contributed by atoms with Gasteiger partial charge in [0.2, 0.25) is 0 Å². The molecule has 0 radical (unpaired) electrons. The van der Waals surface area contributed by atoms with E-state index in [-0.39, 0.29) is 6.10 Å². The van der Waals surface area contributed by atoms with E-state index in [9.17, 15) is 5.11 Å². The minimum Gasteiger partial charge on any atom is -0.392 e. The number of hydrogen-bond donors (Lipinski definition) is 1. The maximum atomic E-state index is 9.87. The Bertz CT molecular complexity index is 230. The van der Waals surface area contributed by atoms with Gasteiger partial charge in [0.25, 0.3) is 0 Å². The van der Waals surface area contributed by atoms with Crippen molar-refractivity contribution in [2.45, 2.75) is 18.9 Å². The molecule has 3 aliphatic rings. The molecule has 0 heterocycles. The highest BCUT2D eigenvalue weighted by Crippen LogP contribution is 2.52. The average Bonchev–Trinajstić information content (AvgIpc) is 2.61. The lowest BCUT2D eigenvalue weighted by molar-refractivity contribution is 0.127. The van der Waals surface area contributed by atoms with Gasteiger partial charge < -0.3 is 5.11 Å². The van der Waals surface area contributed by atoms with Crippen molar-refractivity contribution in [3.8, 4) is 0 Å². The molecule has 1 nitrogen and oxygen atoms in total. The van der Waals surface area contributed by atoms with Gasteiger partial charge in [-0.2, -0.15) is 0 Å². The molecule has 3 aliphatic carbocycles. The first kappa shape index (κ1) is 6.90. The van der Waals surface area contributed by atoms with Crippen molar-refractivity contribution in [2.24, 2.45) is 23.7 Å². The van der Waals surface area contributed by atoms with Crippen LogP contribution in [0.2, 0.25) is 0 Å². The van der Waals surface area contributed by atoms with Crippen molar-refractivity contribution in [1.29, 1.82) is 0 Å². The summed E-state index contributed by atoms with van der Waals surface area (Å²) in [4.78, 5) is 0. The van der Waals surface area contributed by atoms with Gasteiger partial charge in [0.1, 0.15) is 0 Å². The Kier molecular flexibility index (Phi) is 1.28. The van der Waals surface area contributed by atoms with E-state index in [0.29, 0.717) is 11.8 Å². The SMILES string of the molecule is OC1C2C=CC1C1CC=CCC21. The fourth-order valence-corrected chi connectivity index (χ4v) is 3.27. The van der Waals surface area contributed by atoms with E-state index < -0.39 is 0 Å². The van der Waals surface area contributed by atoms with Gasteiger partial charge in [-0.1, -0.05) is 24.3 Å². The van der Waals surface area contributed by atoms with Gasteiger partial charge in [-0.3, -0.25) is 0 Å². The minimum absolute atomic E-state index is 0.0556. The first-order chi connectivity index (χ1) is 5.88. The van der Waals surface area contributed by atoms with Crippen molar-refractivity contribution in [2.75, 3.05) is 0 Å². The molecule has 0 aromatic heterocycles. The fraction of sp³-hybridized carbons (Fsp3) is 0.636. The van der Waals surface area contributed by atoms with Gasteiger partial charge in [0.15, 0.2) is 0 Å². The van der Waals surface area contributed by atoms with E-state index in [1.807, 2.05) is 0 Å². The van der Waals surface area contributed by atoms with Gasteiger partial charge in [0.05, 0.1) is 6.10 Å². The summed E-state index contributed by atoms with van der Waals surface area (Å²) in [5.41, 5.74) is 0. The Balaban J connectivity index is 1.97. The third kappa shape index (κ3) is 0.680. The summed E-state index contributed by atoms with van der Waals surface area (Å²) in [6.07, 6.45) is 11.3. The molecule has 0 aliphatic heterocycles. The second-order valence-corrected chi connectivity index (χ2v) is 4.30. The molecule has 1 heteroatoms. The molecule has 0 spiro atoms. The first-order valence-corrected chi connectivity index (χ1v) is 4.89. The fourth-order valence-electron chi connectivity index (χ4n) is 3.27. The van der Waals surface area contributed by atoms with Gasteiger partial charge in [-0.25, -0.2) is 0 Å². The third-order valence-corrected chi connectivity index (χ3v) is 3.87. The number of rotatable bonds is 0. The summed E-state index contributed by atoms with van der Waals surface area (Å²) in [5.74, 6) is 2.45. The molecular weight excluding hydrogens is 148 g/mol. The third-order valence-electron chi connectivity index (χ3n) is 3.87. The average molecular weight is 162 g/mol. The van der Waals surface area contributed by atoms with Crippen LogP contribution in [-0.4, -0.2) is 11.2 Å². The number of fused-ring (bicyclic) bond motifs is 5. The molecule has 2 bridgehead atoms. The van der Waals surface area contributed by atoms with E-state index in [1.54, 1.807) is 0 Å². The zero-order chi connectivity index (χ0) is 8.13. The predicted molar refractivity (Wildman–Crippen MR) is 47.5 cm³/mol. The van der Waals surface area contributed by atoms with Crippen LogP contribution in [0.5, 0.6) is 0 Å². The molecule has 1 fully saturated rings. The molecule has 12 heavy (non-hydrogen) atoms. The Morgan fingerprint density at radius 1 is 0.917 bits per heavy atom. The summed E-state index contributed by atoms with van der Waals surface area (Å²) >= 11 is 0. The summed E-state index contributed by atoms with van der Waals surface area (Å²) in [7, 11) is 0. The van der Waals surface area contributed by atoms with Gasteiger partial charge >= 0.3 is 0 Å². The molecule has 4 unspecified atom stereocenters. The van der Waals surface area contributed by atoms with Crippen LogP contribution >= 0.6 is 0 Å². The lowest BCUT2D eigenvalue weighted by Crippen LogP contribution is -2.20. The standard InChI is InChI=1S/C11H14O/c12-11-9-5-6-10(11)8-4-2-1-3-7(8)9/h1-2,5-12H,3-4H2. The van der Waals surface area contributed by atoms with Gasteiger partial charge in [-0.15, -0.1) is 0 Å². The topological polar surface area (TPSA) is 20.2 Å². The van der Waals surface area contributed by atoms with E-state index in [1.165, 1.54) is 12.8 Å². The van der Waals surface area contributed by atoms with Crippen LogP contribution in [-0.2, 0) is 0 Å². The van der Waals surface area contributed by atoms with E-state index in [4.69, 9.17) is 0 Å². The quantitative estimate of drug-likeness (QED) is 0.538. The van der Waals surface area contributed by atoms with Crippen LogP contribution in [0.25, 0.3) is 0 Å². The Morgan fingerprint density at radius 3 is 1.92 bits per heavy atom. The second kappa shape index (κ2) is 2.23. The summed E-state index contributed by atoms with van der Waals surface area (Å²) < 4.78 is 0. The van der Waals surface area contributed by atoms with Crippen LogP contribution in [0, 0.1) is 23.7 Å². The van der Waals surface area contributed by atoms with Crippen molar-refractivity contribution < 1.29 is 5.11 Å². The van der Waals surface area contributed by atoms with Crippen LogP contribution < -0.4 is 0 Å². The molecular formula is C11H14O. The molecule has 3 rings (SSSR count). The minimum atomic E-state index is -0.0556. The Labute approximate surface area is 72.8 Å². The monoisotopic (exact) mass is 162 g/mol. The summed E-state index contributed by atoms with van der Waals surface area (Å²) in [6.45, 7) is 0. The highest BCUT2D eigenvalue weighted by atomic mass is 16.3. The molecule has 1 N–H and O–H groups in total. The highest BCUT2D eigenvalue weighted by Gasteiger charge is 2.50. The van der Waals surface area contributed by atoms with E-state index >= 15 is 0 Å². The number of aliphatic hydroxyl groups excluding tert-OH is 1. The second-order valence-electron chi connectivity index (χ2n) is 4.30. The lowest BCUT2D eigenvalue weighted by atomic mass is 9.76. The van der Waals surface area contributed by atoms with Crippen LogP contribution in [0.3, 0.4) is 0 Å². The number of allylic oxidation sites excluding steroid dienone is 2. The number of hydrogen-bond acceptors (Lipinski definition) is 1. The van der Waals surface area contributed by atoms with Crippen LogP contribution in [0.4, 0.5) is 0 Å². The van der Waals surface area contributed by atoms with E-state index in [0.717, 1.165) is 11.8 Å². The summed E-state index contributed by atoms with van der Waals surface area (Å²) in [6, 6.07) is 0. The van der Waals surface area contributed by atoms with Crippen molar-refractivity contribution in [3.05, 3.63) is 24.3 Å². The smallest absolute Gasteiger partial charge is 0.0671 e. The van der Waals surface area contributed by atoms with E-state index in [2.05, 4.69) is 24.3 Å². The van der Waals surface area contributed by atoms with Gasteiger partial charge in [0, 0.05) is 11.8 Å². The zero-order valence-corrected chi connectivity index (χ0v) is 7.06. The Morgan fingerprint density at radius 2 is 1.42 bits per heavy atom. The van der Waals surface area contributed by atoms with Crippen molar-refractivity contribution >= 4 is 0 Å². The zero-order valence-electron chi connectivity index (χ0n) is 7.06. The van der Waals surface area contributed by atoms with Crippen LogP contribution in [0.15, 0.2) is 24.3 Å². The maximum absolute atomic E-state index is 9.87. The normalized spacial score (nSPS) is 54.6. The molecule has 0 amide bonds. The molecule has 0 aromatic rings. The first-order valence-electron chi connectivity index (χ1n) is 4.89. The molecule has 64 valence electrons. The van der Waals surface area contributed by atoms with Crippen molar-refractivity contribution in [3.63, 3.8) is 0 Å². The highest BCUT2D eigenvalue weighted by molar-refractivity contribution is 5.21. The molecule has 4 atom stereocenters. The predicted octanol–water partition coefficient (Wildman–Crippen LogP) is 1.75. The largest absolute Gasteiger partial charge is 0.392 e. The molecule has 0 aromatic carbocycles. The van der Waals surface area contributed by atoms with Crippen molar-refractivity contribution in [1.82, 2.24) is 0 Å². The lowest BCUT2D eigenvalue weighted by Gasteiger charge is -2.28. The number of aliphatic hydroxyl groups is 1. The maximum Gasteiger partial charge on any atom is 0.0671 e. The van der Waals surface area contributed by atoms with Crippen LogP contribution in [0.1, 0.15) is 12.8 Å². The molecule has 1 saturated carbocycles.